The summed E-state index contributed by atoms with van der Waals surface area (Å²) >= 11 is 1.54. The topological polar surface area (TPSA) is 82.5 Å². The Morgan fingerprint density at radius 1 is 1.59 bits per heavy atom. The number of carbonyl (C=O) groups excluding carboxylic acids is 1. The summed E-state index contributed by atoms with van der Waals surface area (Å²) in [5, 5.41) is 12.0. The fourth-order valence-electron chi connectivity index (χ4n) is 1.15. The maximum absolute atomic E-state index is 11.5. The highest BCUT2D eigenvalue weighted by molar-refractivity contribution is 7.11. The van der Waals surface area contributed by atoms with Gasteiger partial charge >= 0.3 is 12.0 Å². The number of nitrogens with zero attached hydrogens (tertiary/aromatic N) is 2. The molecule has 1 aromatic rings. The number of carboxylic acid groups (broad SMARTS) is 1. The van der Waals surface area contributed by atoms with Crippen molar-refractivity contribution in [1.29, 1.82) is 0 Å². The number of carbonyl (C=O) groups is 2. The number of aliphatic carboxylic acids is 1. The summed E-state index contributed by atoms with van der Waals surface area (Å²) in [6.45, 7) is 2.05. The molecule has 2 amide bonds. The smallest absolute Gasteiger partial charge is 0.323 e. The van der Waals surface area contributed by atoms with Crippen LogP contribution in [-0.2, 0) is 17.8 Å². The molecule has 1 rings (SSSR count). The maximum atomic E-state index is 11.5. The molecule has 0 aliphatic heterocycles. The number of carboxylic acids is 1. The number of hydrogen-bond acceptors (Lipinski definition) is 4. The van der Waals surface area contributed by atoms with Crippen molar-refractivity contribution < 1.29 is 14.7 Å². The van der Waals surface area contributed by atoms with Crippen LogP contribution in [-0.4, -0.2) is 40.6 Å². The predicted octanol–water partition coefficient (Wildman–Crippen LogP) is 0.931. The highest BCUT2D eigenvalue weighted by Crippen LogP contribution is 2.12. The summed E-state index contributed by atoms with van der Waals surface area (Å²) in [5.74, 6) is -1.04. The highest BCUT2D eigenvalue weighted by atomic mass is 32.1. The number of amides is 2. The number of thiazole rings is 1. The first-order valence-electron chi connectivity index (χ1n) is 5.17. The zero-order chi connectivity index (χ0) is 12.8. The van der Waals surface area contributed by atoms with E-state index in [2.05, 4.69) is 10.3 Å². The lowest BCUT2D eigenvalue weighted by Gasteiger charge is -2.14. The van der Waals surface area contributed by atoms with Gasteiger partial charge in [-0.2, -0.15) is 0 Å². The Balaban J connectivity index is 2.39. The van der Waals surface area contributed by atoms with Crippen molar-refractivity contribution in [2.75, 3.05) is 13.6 Å². The molecule has 0 saturated carbocycles. The molecule has 0 bridgehead atoms. The van der Waals surface area contributed by atoms with E-state index in [1.165, 1.54) is 18.4 Å². The largest absolute Gasteiger partial charge is 0.480 e. The second-order valence-electron chi connectivity index (χ2n) is 3.48. The van der Waals surface area contributed by atoms with Gasteiger partial charge in [-0.05, 0) is 6.42 Å². The van der Waals surface area contributed by atoms with Gasteiger partial charge in [-0.15, -0.1) is 11.3 Å². The van der Waals surface area contributed by atoms with Gasteiger partial charge in [0.1, 0.15) is 11.6 Å². The molecule has 1 heterocycles. The van der Waals surface area contributed by atoms with Gasteiger partial charge in [-0.3, -0.25) is 4.79 Å². The first-order chi connectivity index (χ1) is 8.02. The minimum atomic E-state index is -1.04. The lowest BCUT2D eigenvalue weighted by Crippen LogP contribution is -2.39. The Bertz CT molecular complexity index is 405. The van der Waals surface area contributed by atoms with E-state index < -0.39 is 12.0 Å². The number of nitrogens with one attached hydrogen (secondary N) is 1. The third-order valence-corrected chi connectivity index (χ3v) is 3.20. The van der Waals surface area contributed by atoms with Crippen LogP contribution >= 0.6 is 11.3 Å². The summed E-state index contributed by atoms with van der Waals surface area (Å²) in [6, 6.07) is -0.416. The van der Waals surface area contributed by atoms with Crippen LogP contribution < -0.4 is 5.32 Å². The van der Waals surface area contributed by atoms with E-state index in [4.69, 9.17) is 5.11 Å². The standard InChI is InChI=1S/C10H15N3O3S/c1-3-7-4-11-8(17-7)5-12-10(16)13(2)6-9(14)15/h4H,3,5-6H2,1-2H3,(H,12,16)(H,14,15). The van der Waals surface area contributed by atoms with E-state index >= 15 is 0 Å². The molecule has 0 saturated heterocycles. The molecule has 0 radical (unpaired) electrons. The average Bonchev–Trinajstić information content (AvgIpc) is 2.72. The monoisotopic (exact) mass is 257 g/mol. The lowest BCUT2D eigenvalue weighted by atomic mass is 10.4. The minimum absolute atomic E-state index is 0.316. The van der Waals surface area contributed by atoms with Crippen molar-refractivity contribution in [2.45, 2.75) is 19.9 Å². The maximum Gasteiger partial charge on any atom is 0.323 e. The molecule has 94 valence electrons. The number of aryl methyl sites for hydroxylation is 1. The van der Waals surface area contributed by atoms with E-state index in [1.807, 2.05) is 6.92 Å². The zero-order valence-electron chi connectivity index (χ0n) is 9.77. The third-order valence-electron chi connectivity index (χ3n) is 2.06. The molecule has 7 heteroatoms. The van der Waals surface area contributed by atoms with Gasteiger partial charge in [0, 0.05) is 18.1 Å². The molecule has 2 N–H and O–H groups in total. The van der Waals surface area contributed by atoms with Gasteiger partial charge in [0.2, 0.25) is 0 Å². The Labute approximate surface area is 103 Å². The van der Waals surface area contributed by atoms with Crippen molar-refractivity contribution >= 4 is 23.3 Å². The van der Waals surface area contributed by atoms with E-state index in [0.717, 1.165) is 21.2 Å². The van der Waals surface area contributed by atoms with Crippen LogP contribution in [0.25, 0.3) is 0 Å². The van der Waals surface area contributed by atoms with Crippen LogP contribution in [0.1, 0.15) is 16.8 Å². The number of aromatic nitrogens is 1. The molecular formula is C10H15N3O3S. The van der Waals surface area contributed by atoms with Crippen LogP contribution in [0.4, 0.5) is 4.79 Å². The average molecular weight is 257 g/mol. The van der Waals surface area contributed by atoms with Gasteiger partial charge < -0.3 is 15.3 Å². The first-order valence-corrected chi connectivity index (χ1v) is 5.99. The fraction of sp³-hybridized carbons (Fsp3) is 0.500. The lowest BCUT2D eigenvalue weighted by molar-refractivity contribution is -0.137. The molecule has 0 atom stereocenters. The van der Waals surface area contributed by atoms with Gasteiger partial charge in [-0.25, -0.2) is 9.78 Å². The molecule has 1 aromatic heterocycles. The van der Waals surface area contributed by atoms with Gasteiger partial charge in [-0.1, -0.05) is 6.92 Å². The van der Waals surface area contributed by atoms with E-state index in [-0.39, 0.29) is 6.54 Å². The Kier molecular flexibility index (Phi) is 4.89. The van der Waals surface area contributed by atoms with Crippen LogP contribution in [0, 0.1) is 0 Å². The van der Waals surface area contributed by atoms with E-state index in [9.17, 15) is 9.59 Å². The van der Waals surface area contributed by atoms with Crippen molar-refractivity contribution in [3.8, 4) is 0 Å². The number of hydrogen-bond donors (Lipinski definition) is 2. The second kappa shape index (κ2) is 6.19. The van der Waals surface area contributed by atoms with Crippen LogP contribution in [0.3, 0.4) is 0 Å². The van der Waals surface area contributed by atoms with Crippen LogP contribution in [0.5, 0.6) is 0 Å². The first kappa shape index (κ1) is 13.4. The number of likely N-dealkylation sites (N-methyl/N-ethyl adjacent to an activating group) is 1. The SMILES string of the molecule is CCc1cnc(CNC(=O)N(C)CC(=O)O)s1. The molecular weight excluding hydrogens is 242 g/mol. The van der Waals surface area contributed by atoms with E-state index in [0.29, 0.717) is 6.54 Å². The summed E-state index contributed by atoms with van der Waals surface area (Å²) in [5.41, 5.74) is 0. The van der Waals surface area contributed by atoms with Gasteiger partial charge in [0.05, 0.1) is 6.54 Å². The molecule has 0 unspecified atom stereocenters. The molecule has 17 heavy (non-hydrogen) atoms. The number of urea groups is 1. The Morgan fingerprint density at radius 2 is 2.29 bits per heavy atom. The second-order valence-corrected chi connectivity index (χ2v) is 4.68. The van der Waals surface area contributed by atoms with Crippen molar-refractivity contribution in [1.82, 2.24) is 15.2 Å². The zero-order valence-corrected chi connectivity index (χ0v) is 10.6. The molecule has 0 spiro atoms. The Hall–Kier alpha value is -1.63. The summed E-state index contributed by atoms with van der Waals surface area (Å²) < 4.78 is 0. The fourth-order valence-corrected chi connectivity index (χ4v) is 1.96. The molecule has 0 aliphatic carbocycles. The molecule has 0 aromatic carbocycles. The highest BCUT2D eigenvalue weighted by Gasteiger charge is 2.11. The van der Waals surface area contributed by atoms with Crippen molar-refractivity contribution in [3.05, 3.63) is 16.1 Å². The van der Waals surface area contributed by atoms with Crippen LogP contribution in [0.15, 0.2) is 6.20 Å². The predicted molar refractivity (Wildman–Crippen MR) is 64.0 cm³/mol. The third kappa shape index (κ3) is 4.39. The molecule has 6 nitrogen and oxygen atoms in total. The summed E-state index contributed by atoms with van der Waals surface area (Å²) in [7, 11) is 1.43. The summed E-state index contributed by atoms with van der Waals surface area (Å²) in [4.78, 5) is 28.3. The van der Waals surface area contributed by atoms with Gasteiger partial charge in [0.25, 0.3) is 0 Å². The van der Waals surface area contributed by atoms with E-state index in [1.54, 1.807) is 6.20 Å². The summed E-state index contributed by atoms with van der Waals surface area (Å²) in [6.07, 6.45) is 2.71. The minimum Gasteiger partial charge on any atom is -0.480 e. The quantitative estimate of drug-likeness (QED) is 0.822. The number of rotatable bonds is 5. The van der Waals surface area contributed by atoms with Crippen molar-refractivity contribution in [2.24, 2.45) is 0 Å². The van der Waals surface area contributed by atoms with Gasteiger partial charge in [0.15, 0.2) is 0 Å². The van der Waals surface area contributed by atoms with Crippen LogP contribution in [0.2, 0.25) is 0 Å². The molecule has 0 fully saturated rings. The normalized spacial score (nSPS) is 10.0. The molecule has 0 aliphatic rings. The Morgan fingerprint density at radius 3 is 2.82 bits per heavy atom. The van der Waals surface area contributed by atoms with Crippen molar-refractivity contribution in [3.63, 3.8) is 0 Å².